The molecule has 1 saturated carbocycles. The number of aliphatic hydroxyl groups is 1. The second-order valence-corrected chi connectivity index (χ2v) is 4.85. The zero-order chi connectivity index (χ0) is 10.9. The van der Waals surface area contributed by atoms with Crippen LogP contribution in [0.2, 0.25) is 0 Å². The lowest BCUT2D eigenvalue weighted by Gasteiger charge is -2.24. The van der Waals surface area contributed by atoms with Crippen molar-refractivity contribution in [1.82, 2.24) is 0 Å². The van der Waals surface area contributed by atoms with E-state index < -0.39 is 0 Å². The number of aliphatic hydroxyl groups excluding tert-OH is 1. The zero-order valence-corrected chi connectivity index (χ0v) is 9.53. The van der Waals surface area contributed by atoms with Gasteiger partial charge in [0, 0.05) is 24.7 Å². The van der Waals surface area contributed by atoms with Gasteiger partial charge in [-0.05, 0) is 31.9 Å². The van der Waals surface area contributed by atoms with Crippen LogP contribution in [0.4, 0.5) is 5.69 Å². The highest BCUT2D eigenvalue weighted by molar-refractivity contribution is 5.47. The normalized spacial score (nSPS) is 17.5. The summed E-state index contributed by atoms with van der Waals surface area (Å²) in [5.41, 5.74) is 2.72. The first kappa shape index (κ1) is 10.5. The SMILES string of the molecule is Cc1ccc(N(C)CC2(CO)CC2)cc1. The molecule has 0 atom stereocenters. The van der Waals surface area contributed by atoms with Gasteiger partial charge in [-0.25, -0.2) is 0 Å². The van der Waals surface area contributed by atoms with Crippen LogP contribution >= 0.6 is 0 Å². The molecule has 1 aliphatic carbocycles. The Labute approximate surface area is 91.5 Å². The fraction of sp³-hybridized carbons (Fsp3) is 0.538. The topological polar surface area (TPSA) is 23.5 Å². The minimum atomic E-state index is 0.194. The van der Waals surface area contributed by atoms with Gasteiger partial charge in [-0.2, -0.15) is 0 Å². The molecule has 2 nitrogen and oxygen atoms in total. The van der Waals surface area contributed by atoms with E-state index in [0.29, 0.717) is 6.61 Å². The Balaban J connectivity index is 2.01. The first-order valence-electron chi connectivity index (χ1n) is 5.54. The van der Waals surface area contributed by atoms with Gasteiger partial charge in [0.2, 0.25) is 0 Å². The molecule has 2 heteroatoms. The van der Waals surface area contributed by atoms with Crippen molar-refractivity contribution in [2.75, 3.05) is 25.1 Å². The van der Waals surface area contributed by atoms with Crippen LogP contribution in [-0.2, 0) is 0 Å². The van der Waals surface area contributed by atoms with E-state index >= 15 is 0 Å². The van der Waals surface area contributed by atoms with E-state index in [9.17, 15) is 5.11 Å². The summed E-state index contributed by atoms with van der Waals surface area (Å²) in [7, 11) is 2.10. The van der Waals surface area contributed by atoms with Gasteiger partial charge in [-0.15, -0.1) is 0 Å². The first-order valence-corrected chi connectivity index (χ1v) is 5.54. The number of benzene rings is 1. The Morgan fingerprint density at radius 3 is 2.33 bits per heavy atom. The van der Waals surface area contributed by atoms with Crippen molar-refractivity contribution in [3.8, 4) is 0 Å². The Hall–Kier alpha value is -1.02. The molecule has 0 radical (unpaired) electrons. The minimum Gasteiger partial charge on any atom is -0.396 e. The number of hydrogen-bond acceptors (Lipinski definition) is 2. The summed E-state index contributed by atoms with van der Waals surface area (Å²) in [6.45, 7) is 3.38. The van der Waals surface area contributed by atoms with Gasteiger partial charge in [-0.1, -0.05) is 17.7 Å². The van der Waals surface area contributed by atoms with Gasteiger partial charge in [0.25, 0.3) is 0 Å². The fourth-order valence-electron chi connectivity index (χ4n) is 1.94. The molecule has 0 spiro atoms. The van der Waals surface area contributed by atoms with Crippen molar-refractivity contribution in [3.05, 3.63) is 29.8 Å². The first-order chi connectivity index (χ1) is 7.15. The van der Waals surface area contributed by atoms with Crippen LogP contribution in [0.1, 0.15) is 18.4 Å². The number of aryl methyl sites for hydroxylation is 1. The minimum absolute atomic E-state index is 0.194. The van der Waals surface area contributed by atoms with E-state index in [1.165, 1.54) is 24.1 Å². The molecule has 2 rings (SSSR count). The molecule has 0 amide bonds. The number of rotatable bonds is 4. The van der Waals surface area contributed by atoms with Crippen LogP contribution in [-0.4, -0.2) is 25.3 Å². The third-order valence-electron chi connectivity index (χ3n) is 3.34. The third-order valence-corrected chi connectivity index (χ3v) is 3.34. The van der Waals surface area contributed by atoms with Crippen LogP contribution in [0.15, 0.2) is 24.3 Å². The Morgan fingerprint density at radius 1 is 1.27 bits per heavy atom. The standard InChI is InChI=1S/C13H19NO/c1-11-3-5-12(6-4-11)14(2)9-13(10-15)7-8-13/h3-6,15H,7-10H2,1-2H3. The van der Waals surface area contributed by atoms with E-state index in [4.69, 9.17) is 0 Å². The van der Waals surface area contributed by atoms with Crippen molar-refractivity contribution >= 4 is 5.69 Å². The molecule has 0 bridgehead atoms. The molecule has 0 saturated heterocycles. The zero-order valence-electron chi connectivity index (χ0n) is 9.53. The van der Waals surface area contributed by atoms with E-state index in [-0.39, 0.29) is 5.41 Å². The highest BCUT2D eigenvalue weighted by Gasteiger charge is 2.42. The highest BCUT2D eigenvalue weighted by atomic mass is 16.3. The molecule has 1 N–H and O–H groups in total. The molecule has 1 aromatic rings. The predicted octanol–water partition coefficient (Wildman–Crippen LogP) is 2.20. The maximum atomic E-state index is 9.27. The lowest BCUT2D eigenvalue weighted by molar-refractivity contribution is 0.215. The van der Waals surface area contributed by atoms with E-state index in [0.717, 1.165) is 6.54 Å². The molecule has 0 unspecified atom stereocenters. The summed E-state index contributed by atoms with van der Waals surface area (Å²) in [6.07, 6.45) is 2.33. The summed E-state index contributed by atoms with van der Waals surface area (Å²) in [6, 6.07) is 8.54. The van der Waals surface area contributed by atoms with Crippen LogP contribution in [0.5, 0.6) is 0 Å². The lowest BCUT2D eigenvalue weighted by Crippen LogP contribution is -2.28. The Morgan fingerprint density at radius 2 is 1.87 bits per heavy atom. The summed E-state index contributed by atoms with van der Waals surface area (Å²) in [4.78, 5) is 2.24. The van der Waals surface area contributed by atoms with Crippen molar-refractivity contribution in [3.63, 3.8) is 0 Å². The molecule has 0 aliphatic heterocycles. The molecule has 1 aliphatic rings. The van der Waals surface area contributed by atoms with Gasteiger partial charge in [0.1, 0.15) is 0 Å². The van der Waals surface area contributed by atoms with Crippen LogP contribution < -0.4 is 4.90 Å². The van der Waals surface area contributed by atoms with Crippen molar-refractivity contribution in [2.45, 2.75) is 19.8 Å². The smallest absolute Gasteiger partial charge is 0.0504 e. The molecular weight excluding hydrogens is 186 g/mol. The van der Waals surface area contributed by atoms with Crippen molar-refractivity contribution in [1.29, 1.82) is 0 Å². The molecule has 15 heavy (non-hydrogen) atoms. The summed E-state index contributed by atoms with van der Waals surface area (Å²) >= 11 is 0. The maximum absolute atomic E-state index is 9.27. The van der Waals surface area contributed by atoms with E-state index in [1.807, 2.05) is 0 Å². The van der Waals surface area contributed by atoms with Crippen LogP contribution in [0.25, 0.3) is 0 Å². The second kappa shape index (κ2) is 3.86. The molecular formula is C13H19NO. The molecule has 1 aromatic carbocycles. The average Bonchev–Trinajstić information content (AvgIpc) is 2.99. The number of anilines is 1. The van der Waals surface area contributed by atoms with Crippen LogP contribution in [0, 0.1) is 12.3 Å². The van der Waals surface area contributed by atoms with Gasteiger partial charge < -0.3 is 10.0 Å². The highest BCUT2D eigenvalue weighted by Crippen LogP contribution is 2.45. The largest absolute Gasteiger partial charge is 0.396 e. The van der Waals surface area contributed by atoms with Gasteiger partial charge in [0.15, 0.2) is 0 Å². The number of nitrogens with zero attached hydrogens (tertiary/aromatic N) is 1. The Kier molecular flexibility index (Phi) is 2.70. The molecule has 0 heterocycles. The summed E-state index contributed by atoms with van der Waals surface area (Å²) in [5, 5.41) is 9.27. The average molecular weight is 205 g/mol. The van der Waals surface area contributed by atoms with E-state index in [2.05, 4.69) is 43.1 Å². The summed E-state index contributed by atoms with van der Waals surface area (Å²) < 4.78 is 0. The Bertz CT molecular complexity index is 327. The van der Waals surface area contributed by atoms with Gasteiger partial charge in [0.05, 0.1) is 6.61 Å². The van der Waals surface area contributed by atoms with Crippen LogP contribution in [0.3, 0.4) is 0 Å². The fourth-order valence-corrected chi connectivity index (χ4v) is 1.94. The van der Waals surface area contributed by atoms with Crippen molar-refractivity contribution in [2.24, 2.45) is 5.41 Å². The molecule has 82 valence electrons. The second-order valence-electron chi connectivity index (χ2n) is 4.85. The predicted molar refractivity (Wildman–Crippen MR) is 63.2 cm³/mol. The maximum Gasteiger partial charge on any atom is 0.0504 e. The van der Waals surface area contributed by atoms with Gasteiger partial charge in [-0.3, -0.25) is 0 Å². The van der Waals surface area contributed by atoms with Crippen molar-refractivity contribution < 1.29 is 5.11 Å². The van der Waals surface area contributed by atoms with E-state index in [1.54, 1.807) is 0 Å². The lowest BCUT2D eigenvalue weighted by atomic mass is 10.1. The molecule has 0 aromatic heterocycles. The quantitative estimate of drug-likeness (QED) is 0.814. The third kappa shape index (κ3) is 2.32. The molecule has 1 fully saturated rings. The number of hydrogen-bond donors (Lipinski definition) is 1. The van der Waals surface area contributed by atoms with Gasteiger partial charge >= 0.3 is 0 Å². The summed E-state index contributed by atoms with van der Waals surface area (Å²) in [5.74, 6) is 0. The monoisotopic (exact) mass is 205 g/mol.